The minimum atomic E-state index is -0.549. The van der Waals surface area contributed by atoms with Gasteiger partial charge >= 0.3 is 6.09 Å². The van der Waals surface area contributed by atoms with Gasteiger partial charge in [-0.25, -0.2) is 14.3 Å². The number of anilines is 1. The van der Waals surface area contributed by atoms with Crippen LogP contribution in [0.2, 0.25) is 5.02 Å². The zero-order valence-electron chi connectivity index (χ0n) is 18.7. The maximum atomic E-state index is 12.8. The van der Waals surface area contributed by atoms with E-state index in [-0.39, 0.29) is 34.7 Å². The molecule has 33 heavy (non-hydrogen) atoms. The highest BCUT2D eigenvalue weighted by atomic mass is 35.5. The van der Waals surface area contributed by atoms with Crippen LogP contribution in [0.5, 0.6) is 0 Å². The molecule has 3 heterocycles. The Bertz CT molecular complexity index is 1230. The van der Waals surface area contributed by atoms with Crippen molar-refractivity contribution in [1.29, 1.82) is 0 Å². The number of amides is 2. The van der Waals surface area contributed by atoms with Crippen LogP contribution in [0.3, 0.4) is 0 Å². The van der Waals surface area contributed by atoms with E-state index >= 15 is 0 Å². The monoisotopic (exact) mass is 471 g/mol. The third-order valence-electron chi connectivity index (χ3n) is 5.43. The van der Waals surface area contributed by atoms with E-state index in [4.69, 9.17) is 16.3 Å². The van der Waals surface area contributed by atoms with Crippen LogP contribution in [0.25, 0.3) is 5.65 Å². The molecule has 3 aromatic rings. The van der Waals surface area contributed by atoms with Gasteiger partial charge in [-0.3, -0.25) is 14.7 Å². The van der Waals surface area contributed by atoms with Crippen molar-refractivity contribution in [3.05, 3.63) is 63.2 Å². The summed E-state index contributed by atoms with van der Waals surface area (Å²) in [6, 6.07) is 8.23. The fourth-order valence-corrected chi connectivity index (χ4v) is 3.92. The fourth-order valence-electron chi connectivity index (χ4n) is 3.79. The molecule has 0 bridgehead atoms. The molecule has 1 aliphatic heterocycles. The Hall–Kier alpha value is -3.33. The molecule has 2 aromatic heterocycles. The molecule has 1 fully saturated rings. The molecule has 1 aromatic carbocycles. The molecule has 174 valence electrons. The van der Waals surface area contributed by atoms with Crippen molar-refractivity contribution in [1.82, 2.24) is 19.5 Å². The number of aromatic nitrogens is 3. The third-order valence-corrected chi connectivity index (χ3v) is 5.68. The van der Waals surface area contributed by atoms with Crippen molar-refractivity contribution in [2.45, 2.75) is 45.1 Å². The van der Waals surface area contributed by atoms with Crippen LogP contribution in [0, 0.1) is 0 Å². The molecule has 0 aliphatic carbocycles. The van der Waals surface area contributed by atoms with Crippen LogP contribution in [-0.2, 0) is 4.74 Å². The number of hydrogen-bond donors (Lipinski definition) is 2. The van der Waals surface area contributed by atoms with Crippen molar-refractivity contribution in [2.75, 3.05) is 18.4 Å². The van der Waals surface area contributed by atoms with Gasteiger partial charge < -0.3 is 15.0 Å². The van der Waals surface area contributed by atoms with Gasteiger partial charge in [0.05, 0.1) is 5.69 Å². The average molecular weight is 472 g/mol. The van der Waals surface area contributed by atoms with Crippen LogP contribution in [0.4, 0.5) is 10.5 Å². The Morgan fingerprint density at radius 3 is 2.48 bits per heavy atom. The number of aromatic amines is 1. The topological polar surface area (TPSA) is 109 Å². The first-order valence-corrected chi connectivity index (χ1v) is 11.1. The van der Waals surface area contributed by atoms with Crippen molar-refractivity contribution in [3.63, 3.8) is 0 Å². The minimum absolute atomic E-state index is 0.00321. The van der Waals surface area contributed by atoms with Gasteiger partial charge in [0.15, 0.2) is 5.65 Å². The quantitative estimate of drug-likeness (QED) is 0.599. The van der Waals surface area contributed by atoms with E-state index in [1.165, 1.54) is 16.8 Å². The van der Waals surface area contributed by atoms with Gasteiger partial charge in [-0.15, -0.1) is 0 Å². The molecule has 0 atom stereocenters. The summed E-state index contributed by atoms with van der Waals surface area (Å²) in [4.78, 5) is 44.1. The lowest BCUT2D eigenvalue weighted by atomic mass is 9.93. The summed E-state index contributed by atoms with van der Waals surface area (Å²) in [5, 5.41) is 6.15. The molecule has 0 saturated carbocycles. The predicted molar refractivity (Wildman–Crippen MR) is 125 cm³/mol. The summed E-state index contributed by atoms with van der Waals surface area (Å²) >= 11 is 5.89. The summed E-state index contributed by atoms with van der Waals surface area (Å²) in [6.45, 7) is 6.53. The minimum Gasteiger partial charge on any atom is -0.444 e. The SMILES string of the molecule is CC(C)(C)OC(=O)N1CCC(c2cc(=O)n3[nH]cc(C(=O)Nc4ccc(Cl)cc4)c3n2)CC1. The largest absolute Gasteiger partial charge is 0.444 e. The standard InChI is InChI=1S/C23H26ClN5O4/c1-23(2,3)33-22(32)28-10-8-14(9-11-28)18-12-19(30)29-20(27-18)17(13-25-29)21(31)26-16-6-4-15(24)5-7-16/h4-7,12-14,25H,8-11H2,1-3H3,(H,26,31). The molecule has 1 aliphatic rings. The molecular formula is C23H26ClN5O4. The predicted octanol–water partition coefficient (Wildman–Crippen LogP) is 4.04. The van der Waals surface area contributed by atoms with Crippen LogP contribution in [-0.4, -0.2) is 50.2 Å². The first kappa shape index (κ1) is 22.8. The van der Waals surface area contributed by atoms with E-state index in [1.807, 2.05) is 20.8 Å². The molecule has 0 radical (unpaired) electrons. The van der Waals surface area contributed by atoms with Crippen molar-refractivity contribution < 1.29 is 14.3 Å². The second kappa shape index (κ2) is 8.90. The van der Waals surface area contributed by atoms with Gasteiger partial charge in [-0.05, 0) is 57.9 Å². The summed E-state index contributed by atoms with van der Waals surface area (Å²) in [5.74, 6) is -0.386. The Morgan fingerprint density at radius 1 is 1.18 bits per heavy atom. The normalized spacial score (nSPS) is 15.0. The lowest BCUT2D eigenvalue weighted by Crippen LogP contribution is -2.41. The van der Waals surface area contributed by atoms with Crippen LogP contribution in [0.15, 0.2) is 41.3 Å². The van der Waals surface area contributed by atoms with E-state index < -0.39 is 5.60 Å². The molecule has 2 N–H and O–H groups in total. The number of nitrogens with one attached hydrogen (secondary N) is 2. The van der Waals surface area contributed by atoms with Crippen molar-refractivity contribution in [2.24, 2.45) is 0 Å². The summed E-state index contributed by atoms with van der Waals surface area (Å²) < 4.78 is 6.69. The van der Waals surface area contributed by atoms with Crippen LogP contribution >= 0.6 is 11.6 Å². The second-order valence-corrected chi connectivity index (χ2v) is 9.50. The van der Waals surface area contributed by atoms with E-state index in [9.17, 15) is 14.4 Å². The zero-order valence-corrected chi connectivity index (χ0v) is 19.5. The Balaban J connectivity index is 1.52. The first-order chi connectivity index (χ1) is 15.6. The zero-order chi connectivity index (χ0) is 23.8. The highest BCUT2D eigenvalue weighted by Gasteiger charge is 2.29. The number of carbonyl (C=O) groups is 2. The molecular weight excluding hydrogens is 446 g/mol. The molecule has 10 heteroatoms. The number of ether oxygens (including phenoxy) is 1. The van der Waals surface area contributed by atoms with Crippen LogP contribution in [0.1, 0.15) is 55.6 Å². The van der Waals surface area contributed by atoms with Gasteiger partial charge in [-0.1, -0.05) is 11.6 Å². The Labute approximate surface area is 195 Å². The number of hydrogen-bond acceptors (Lipinski definition) is 5. The number of likely N-dealkylation sites (tertiary alicyclic amines) is 1. The molecule has 2 amide bonds. The van der Waals surface area contributed by atoms with Gasteiger partial charge in [0.25, 0.3) is 11.5 Å². The maximum Gasteiger partial charge on any atom is 0.410 e. The van der Waals surface area contributed by atoms with E-state index in [0.717, 1.165) is 0 Å². The van der Waals surface area contributed by atoms with Gasteiger partial charge in [0.1, 0.15) is 11.2 Å². The van der Waals surface area contributed by atoms with E-state index in [0.29, 0.717) is 42.3 Å². The van der Waals surface area contributed by atoms with E-state index in [2.05, 4.69) is 15.4 Å². The van der Waals surface area contributed by atoms with Gasteiger partial charge in [0.2, 0.25) is 0 Å². The fraction of sp³-hybridized carbons (Fsp3) is 0.391. The van der Waals surface area contributed by atoms with E-state index in [1.54, 1.807) is 29.2 Å². The second-order valence-electron chi connectivity index (χ2n) is 9.07. The number of carbonyl (C=O) groups excluding carboxylic acids is 2. The number of halogens is 1. The molecule has 4 rings (SSSR count). The number of rotatable bonds is 3. The number of piperidine rings is 1. The number of H-pyrrole nitrogens is 1. The average Bonchev–Trinajstić information content (AvgIpc) is 3.19. The van der Waals surface area contributed by atoms with Crippen LogP contribution < -0.4 is 10.9 Å². The summed E-state index contributed by atoms with van der Waals surface area (Å²) in [6.07, 6.45) is 2.43. The number of benzene rings is 1. The maximum absolute atomic E-state index is 12.8. The molecule has 1 saturated heterocycles. The number of fused-ring (bicyclic) bond motifs is 1. The molecule has 0 unspecified atom stereocenters. The summed E-state index contributed by atoms with van der Waals surface area (Å²) in [5.41, 5.74) is 0.872. The lowest BCUT2D eigenvalue weighted by Gasteiger charge is -2.33. The highest BCUT2D eigenvalue weighted by molar-refractivity contribution is 6.30. The third kappa shape index (κ3) is 5.19. The Morgan fingerprint density at radius 2 is 1.85 bits per heavy atom. The number of nitrogens with zero attached hydrogens (tertiary/aromatic N) is 3. The summed E-state index contributed by atoms with van der Waals surface area (Å²) in [7, 11) is 0. The lowest BCUT2D eigenvalue weighted by molar-refractivity contribution is 0.0204. The van der Waals surface area contributed by atoms with Gasteiger partial charge in [0, 0.05) is 42.0 Å². The highest BCUT2D eigenvalue weighted by Crippen LogP contribution is 2.27. The van der Waals surface area contributed by atoms with Gasteiger partial charge in [-0.2, -0.15) is 0 Å². The Kier molecular flexibility index (Phi) is 6.16. The van der Waals surface area contributed by atoms with Crippen molar-refractivity contribution in [3.8, 4) is 0 Å². The smallest absolute Gasteiger partial charge is 0.410 e. The molecule has 0 spiro atoms. The molecule has 9 nitrogen and oxygen atoms in total. The van der Waals surface area contributed by atoms with Crippen molar-refractivity contribution >= 4 is 34.9 Å². The first-order valence-electron chi connectivity index (χ1n) is 10.8.